The molecular weight excluding hydrogens is 262 g/mol. The summed E-state index contributed by atoms with van der Waals surface area (Å²) in [6, 6.07) is 10.1. The summed E-state index contributed by atoms with van der Waals surface area (Å²) >= 11 is 0. The molecule has 1 amide bonds. The quantitative estimate of drug-likeness (QED) is 0.800. The molecule has 3 heteroatoms. The molecule has 0 N–H and O–H groups in total. The van der Waals surface area contributed by atoms with Crippen molar-refractivity contribution >= 4 is 5.91 Å². The third-order valence-electron chi connectivity index (χ3n) is 4.28. The van der Waals surface area contributed by atoms with Crippen molar-refractivity contribution in [3.63, 3.8) is 0 Å². The van der Waals surface area contributed by atoms with E-state index in [0.29, 0.717) is 6.54 Å². The van der Waals surface area contributed by atoms with E-state index in [2.05, 4.69) is 19.1 Å². The Morgan fingerprint density at radius 1 is 1.29 bits per heavy atom. The maximum Gasteiger partial charge on any atom is 0.248 e. The van der Waals surface area contributed by atoms with E-state index in [9.17, 15) is 4.79 Å². The van der Waals surface area contributed by atoms with Gasteiger partial charge in [-0.2, -0.15) is 0 Å². The van der Waals surface area contributed by atoms with Crippen LogP contribution in [0.25, 0.3) is 0 Å². The lowest BCUT2D eigenvalue weighted by Gasteiger charge is -2.28. The first kappa shape index (κ1) is 16.0. The fourth-order valence-corrected chi connectivity index (χ4v) is 2.99. The molecule has 1 aliphatic rings. The zero-order chi connectivity index (χ0) is 15.1. The first-order valence-corrected chi connectivity index (χ1v) is 8.12. The number of hydrogen-bond acceptors (Lipinski definition) is 2. The van der Waals surface area contributed by atoms with Gasteiger partial charge in [0, 0.05) is 13.1 Å². The molecule has 0 aromatic heterocycles. The van der Waals surface area contributed by atoms with Crippen molar-refractivity contribution < 1.29 is 9.53 Å². The highest BCUT2D eigenvalue weighted by Gasteiger charge is 2.21. The van der Waals surface area contributed by atoms with Gasteiger partial charge in [-0.05, 0) is 31.2 Å². The van der Waals surface area contributed by atoms with E-state index in [4.69, 9.17) is 4.74 Å². The third kappa shape index (κ3) is 5.16. The molecular formula is C18H27NO2. The normalized spacial score (nSPS) is 22.0. The molecule has 0 spiro atoms. The molecule has 1 aromatic carbocycles. The Bertz CT molecular complexity index is 432. The largest absolute Gasteiger partial charge is 0.368 e. The highest BCUT2D eigenvalue weighted by Crippen LogP contribution is 2.25. The Kier molecular flexibility index (Phi) is 6.24. The number of carbonyl (C=O) groups is 1. The molecule has 116 valence electrons. The van der Waals surface area contributed by atoms with Crippen LogP contribution in [0.15, 0.2) is 30.3 Å². The van der Waals surface area contributed by atoms with Gasteiger partial charge in [-0.1, -0.05) is 50.1 Å². The van der Waals surface area contributed by atoms with E-state index < -0.39 is 0 Å². The monoisotopic (exact) mass is 289 g/mol. The number of nitrogens with zero attached hydrogens (tertiary/aromatic N) is 1. The van der Waals surface area contributed by atoms with E-state index in [1.807, 2.05) is 30.0 Å². The zero-order valence-electron chi connectivity index (χ0n) is 13.3. The van der Waals surface area contributed by atoms with E-state index in [-0.39, 0.29) is 18.6 Å². The molecule has 0 bridgehead atoms. The van der Waals surface area contributed by atoms with Gasteiger partial charge in [0.15, 0.2) is 0 Å². The summed E-state index contributed by atoms with van der Waals surface area (Å²) in [6.07, 6.45) is 4.98. The minimum atomic E-state index is 0.0968. The number of likely N-dealkylation sites (N-methyl/N-ethyl adjacent to an activating group) is 1. The Morgan fingerprint density at radius 2 is 2.05 bits per heavy atom. The molecule has 21 heavy (non-hydrogen) atoms. The summed E-state index contributed by atoms with van der Waals surface area (Å²) in [5, 5.41) is 0. The molecule has 2 atom stereocenters. The summed E-state index contributed by atoms with van der Waals surface area (Å²) in [4.78, 5) is 14.2. The highest BCUT2D eigenvalue weighted by molar-refractivity contribution is 5.77. The van der Waals surface area contributed by atoms with Crippen molar-refractivity contribution in [1.82, 2.24) is 4.90 Å². The molecule has 1 aliphatic carbocycles. The summed E-state index contributed by atoms with van der Waals surface area (Å²) in [5.74, 6) is 0.824. The van der Waals surface area contributed by atoms with Gasteiger partial charge in [0.2, 0.25) is 5.91 Å². The smallest absolute Gasteiger partial charge is 0.248 e. The van der Waals surface area contributed by atoms with Crippen molar-refractivity contribution in [2.45, 2.75) is 52.2 Å². The number of hydrogen-bond donors (Lipinski definition) is 0. The third-order valence-corrected chi connectivity index (χ3v) is 4.28. The number of rotatable bonds is 6. The molecule has 2 rings (SSSR count). The highest BCUT2D eigenvalue weighted by atomic mass is 16.5. The zero-order valence-corrected chi connectivity index (χ0v) is 13.3. The Morgan fingerprint density at radius 3 is 2.71 bits per heavy atom. The SMILES string of the molecule is CCN(Cc1ccccc1)C(=O)COC1CCCC(C)C1. The van der Waals surface area contributed by atoms with Gasteiger partial charge in [-0.3, -0.25) is 4.79 Å². The molecule has 1 saturated carbocycles. The van der Waals surface area contributed by atoms with Crippen LogP contribution in [-0.2, 0) is 16.1 Å². The average molecular weight is 289 g/mol. The van der Waals surface area contributed by atoms with Gasteiger partial charge < -0.3 is 9.64 Å². The molecule has 3 nitrogen and oxygen atoms in total. The van der Waals surface area contributed by atoms with E-state index in [1.165, 1.54) is 18.4 Å². The van der Waals surface area contributed by atoms with E-state index in [1.54, 1.807) is 0 Å². The van der Waals surface area contributed by atoms with Crippen LogP contribution in [0.3, 0.4) is 0 Å². The predicted octanol–water partition coefficient (Wildman–Crippen LogP) is 3.63. The van der Waals surface area contributed by atoms with E-state index >= 15 is 0 Å². The van der Waals surface area contributed by atoms with Crippen molar-refractivity contribution in [1.29, 1.82) is 0 Å². The van der Waals surface area contributed by atoms with Gasteiger partial charge in [-0.25, -0.2) is 0 Å². The maximum absolute atomic E-state index is 12.3. The van der Waals surface area contributed by atoms with E-state index in [0.717, 1.165) is 25.3 Å². The number of ether oxygens (including phenoxy) is 1. The molecule has 0 aliphatic heterocycles. The van der Waals surface area contributed by atoms with Crippen LogP contribution in [0.5, 0.6) is 0 Å². The van der Waals surface area contributed by atoms with Crippen LogP contribution in [0.1, 0.15) is 45.1 Å². The predicted molar refractivity (Wildman–Crippen MR) is 84.9 cm³/mol. The first-order chi connectivity index (χ1) is 10.2. The van der Waals surface area contributed by atoms with Crippen molar-refractivity contribution in [3.8, 4) is 0 Å². The van der Waals surface area contributed by atoms with Crippen LogP contribution in [0.4, 0.5) is 0 Å². The minimum absolute atomic E-state index is 0.0968. The maximum atomic E-state index is 12.3. The van der Waals surface area contributed by atoms with Crippen molar-refractivity contribution in [2.24, 2.45) is 5.92 Å². The van der Waals surface area contributed by atoms with Gasteiger partial charge in [0.25, 0.3) is 0 Å². The molecule has 0 saturated heterocycles. The second-order valence-corrected chi connectivity index (χ2v) is 6.10. The number of carbonyl (C=O) groups excluding carboxylic acids is 1. The molecule has 1 aromatic rings. The van der Waals surface area contributed by atoms with Crippen LogP contribution in [0, 0.1) is 5.92 Å². The van der Waals surface area contributed by atoms with Crippen LogP contribution in [-0.4, -0.2) is 30.1 Å². The lowest BCUT2D eigenvalue weighted by molar-refractivity contribution is -0.139. The minimum Gasteiger partial charge on any atom is -0.368 e. The number of amides is 1. The molecule has 0 heterocycles. The fourth-order valence-electron chi connectivity index (χ4n) is 2.99. The van der Waals surface area contributed by atoms with Crippen LogP contribution < -0.4 is 0 Å². The Labute approximate surface area is 128 Å². The average Bonchev–Trinajstić information content (AvgIpc) is 2.51. The van der Waals surface area contributed by atoms with Gasteiger partial charge in [0.1, 0.15) is 6.61 Å². The molecule has 2 unspecified atom stereocenters. The molecule has 0 radical (unpaired) electrons. The lowest BCUT2D eigenvalue weighted by atomic mass is 9.89. The summed E-state index contributed by atoms with van der Waals surface area (Å²) in [5.41, 5.74) is 1.17. The second kappa shape index (κ2) is 8.18. The topological polar surface area (TPSA) is 29.5 Å². The van der Waals surface area contributed by atoms with Gasteiger partial charge in [-0.15, -0.1) is 0 Å². The summed E-state index contributed by atoms with van der Waals surface area (Å²) < 4.78 is 5.84. The summed E-state index contributed by atoms with van der Waals surface area (Å²) in [6.45, 7) is 5.89. The summed E-state index contributed by atoms with van der Waals surface area (Å²) in [7, 11) is 0. The van der Waals surface area contributed by atoms with Crippen LogP contribution in [0.2, 0.25) is 0 Å². The van der Waals surface area contributed by atoms with Gasteiger partial charge >= 0.3 is 0 Å². The van der Waals surface area contributed by atoms with Crippen molar-refractivity contribution in [2.75, 3.05) is 13.2 Å². The standard InChI is InChI=1S/C18H27NO2/c1-3-19(13-16-9-5-4-6-10-16)18(20)14-21-17-11-7-8-15(2)12-17/h4-6,9-10,15,17H,3,7-8,11-14H2,1-2H3. The Hall–Kier alpha value is -1.35. The number of benzene rings is 1. The van der Waals surface area contributed by atoms with Crippen molar-refractivity contribution in [3.05, 3.63) is 35.9 Å². The second-order valence-electron chi connectivity index (χ2n) is 6.10. The Balaban J connectivity index is 1.80. The van der Waals surface area contributed by atoms with Crippen LogP contribution >= 0.6 is 0 Å². The first-order valence-electron chi connectivity index (χ1n) is 8.12. The lowest BCUT2D eigenvalue weighted by Crippen LogP contribution is -2.35. The van der Waals surface area contributed by atoms with Gasteiger partial charge in [0.05, 0.1) is 6.10 Å². The fraction of sp³-hybridized carbons (Fsp3) is 0.611. The molecule has 1 fully saturated rings.